The van der Waals surface area contributed by atoms with Crippen molar-refractivity contribution < 1.29 is 0 Å². The zero-order valence-corrected chi connectivity index (χ0v) is 14.1. The van der Waals surface area contributed by atoms with E-state index in [0.717, 1.165) is 54.8 Å². The van der Waals surface area contributed by atoms with Gasteiger partial charge in [-0.3, -0.25) is 10.1 Å². The topological polar surface area (TPSA) is 35.8 Å². The van der Waals surface area contributed by atoms with E-state index in [2.05, 4.69) is 46.0 Å². The smallest absolute Gasteiger partial charge is 0.155 e. The molecule has 0 bridgehead atoms. The van der Waals surface area contributed by atoms with Crippen LogP contribution in [0.2, 0.25) is 5.02 Å². The van der Waals surface area contributed by atoms with Gasteiger partial charge < -0.3 is 9.80 Å². The zero-order chi connectivity index (χ0) is 16.0. The van der Waals surface area contributed by atoms with Gasteiger partial charge in [-0.15, -0.1) is 0 Å². The third kappa shape index (κ3) is 2.60. The molecule has 6 heteroatoms. The number of anilines is 1. The molecule has 4 rings (SSSR count). The molecule has 2 aliphatic heterocycles. The molecule has 120 valence electrons. The minimum atomic E-state index is 0.704. The van der Waals surface area contributed by atoms with Crippen molar-refractivity contribution >= 4 is 28.8 Å². The molecule has 0 spiro atoms. The molecule has 1 aromatic carbocycles. The summed E-state index contributed by atoms with van der Waals surface area (Å²) in [6.07, 6.45) is 0. The van der Waals surface area contributed by atoms with Crippen LogP contribution in [0.1, 0.15) is 11.4 Å². The maximum absolute atomic E-state index is 6.17. The molecule has 1 saturated heterocycles. The Morgan fingerprint density at radius 3 is 2.65 bits per heavy atom. The Labute approximate surface area is 141 Å². The number of fused-ring (bicyclic) bond motifs is 2. The molecule has 0 atom stereocenters. The number of benzene rings is 1. The second-order valence-electron chi connectivity index (χ2n) is 6.19. The lowest BCUT2D eigenvalue weighted by Gasteiger charge is -2.34. The van der Waals surface area contributed by atoms with Crippen LogP contribution in [-0.2, 0) is 0 Å². The Morgan fingerprint density at radius 2 is 1.87 bits per heavy atom. The van der Waals surface area contributed by atoms with Crippen LogP contribution in [0.4, 0.5) is 11.4 Å². The van der Waals surface area contributed by atoms with E-state index in [1.807, 2.05) is 18.2 Å². The van der Waals surface area contributed by atoms with E-state index < -0.39 is 0 Å². The van der Waals surface area contributed by atoms with Crippen molar-refractivity contribution in [3.8, 4) is 0 Å². The van der Waals surface area contributed by atoms with E-state index in [1.54, 1.807) is 0 Å². The van der Waals surface area contributed by atoms with Crippen molar-refractivity contribution in [1.82, 2.24) is 14.5 Å². The van der Waals surface area contributed by atoms with Gasteiger partial charge in [0.1, 0.15) is 5.69 Å². The molecule has 3 heterocycles. The number of hydrogen-bond acceptors (Lipinski definition) is 4. The third-order valence-electron chi connectivity index (χ3n) is 4.53. The molecule has 2 aliphatic rings. The summed E-state index contributed by atoms with van der Waals surface area (Å²) in [6.45, 7) is 6.16. The Morgan fingerprint density at radius 1 is 1.09 bits per heavy atom. The van der Waals surface area contributed by atoms with E-state index in [9.17, 15) is 0 Å². The summed E-state index contributed by atoms with van der Waals surface area (Å²) in [6, 6.07) is 10.0. The highest BCUT2D eigenvalue weighted by Gasteiger charge is 2.24. The number of aryl methyl sites for hydroxylation is 1. The Balaban J connectivity index is 1.83. The van der Waals surface area contributed by atoms with Crippen molar-refractivity contribution in [3.63, 3.8) is 0 Å². The van der Waals surface area contributed by atoms with Gasteiger partial charge in [0.2, 0.25) is 0 Å². The van der Waals surface area contributed by atoms with Crippen molar-refractivity contribution in [2.75, 3.05) is 38.7 Å². The number of rotatable bonds is 0. The van der Waals surface area contributed by atoms with E-state index in [-0.39, 0.29) is 0 Å². The number of aromatic nitrogens is 1. The van der Waals surface area contributed by atoms with Gasteiger partial charge >= 0.3 is 0 Å². The number of amidine groups is 1. The van der Waals surface area contributed by atoms with E-state index >= 15 is 0 Å². The highest BCUT2D eigenvalue weighted by Crippen LogP contribution is 2.32. The van der Waals surface area contributed by atoms with Crippen LogP contribution in [-0.4, -0.2) is 53.5 Å². The largest absolute Gasteiger partial charge is 0.352 e. The summed E-state index contributed by atoms with van der Waals surface area (Å²) < 4.78 is 2.11. The van der Waals surface area contributed by atoms with Crippen molar-refractivity contribution in [2.45, 2.75) is 6.92 Å². The quantitative estimate of drug-likeness (QED) is 0.807. The number of likely N-dealkylation sites (N-methyl/N-ethyl adjacent to an activating group) is 1. The molecule has 0 amide bonds. The van der Waals surface area contributed by atoms with E-state index in [0.29, 0.717) is 5.02 Å². The molecule has 1 fully saturated rings. The lowest BCUT2D eigenvalue weighted by Crippen LogP contribution is -2.47. The number of hydrogen-bond donors (Lipinski definition) is 1. The van der Waals surface area contributed by atoms with Gasteiger partial charge in [0.05, 0.1) is 11.4 Å². The minimum absolute atomic E-state index is 0.704. The first kappa shape index (κ1) is 14.6. The minimum Gasteiger partial charge on any atom is -0.352 e. The van der Waals surface area contributed by atoms with Gasteiger partial charge in [0, 0.05) is 36.9 Å². The first-order valence-electron chi connectivity index (χ1n) is 7.89. The normalized spacial score (nSPS) is 17.9. The fourth-order valence-corrected chi connectivity index (χ4v) is 3.26. The molecule has 1 N–H and O–H groups in total. The monoisotopic (exact) mass is 329 g/mol. The van der Waals surface area contributed by atoms with Gasteiger partial charge in [0.25, 0.3) is 0 Å². The molecule has 2 aromatic rings. The second kappa shape index (κ2) is 5.58. The maximum atomic E-state index is 6.17. The average molecular weight is 330 g/mol. The first-order valence-corrected chi connectivity index (χ1v) is 8.27. The van der Waals surface area contributed by atoms with Crippen LogP contribution in [0.25, 0.3) is 0 Å². The number of nitrogens with zero attached hydrogens (tertiary/aromatic N) is 4. The van der Waals surface area contributed by atoms with Crippen LogP contribution >= 0.6 is 11.6 Å². The van der Waals surface area contributed by atoms with Crippen LogP contribution in [0.3, 0.4) is 0 Å². The van der Waals surface area contributed by atoms with Crippen molar-refractivity contribution in [1.29, 1.82) is 0 Å². The lowest BCUT2D eigenvalue weighted by molar-refractivity contribution is 0.215. The summed E-state index contributed by atoms with van der Waals surface area (Å²) in [5.41, 5.74) is 7.57. The summed E-state index contributed by atoms with van der Waals surface area (Å²) in [5.74, 6) is 1.01. The second-order valence-corrected chi connectivity index (χ2v) is 6.63. The fourth-order valence-electron chi connectivity index (χ4n) is 3.10. The predicted octanol–water partition coefficient (Wildman–Crippen LogP) is 2.96. The van der Waals surface area contributed by atoms with Gasteiger partial charge in [-0.25, -0.2) is 4.99 Å². The molecule has 0 saturated carbocycles. The predicted molar refractivity (Wildman–Crippen MR) is 94.9 cm³/mol. The zero-order valence-electron chi connectivity index (χ0n) is 13.4. The maximum Gasteiger partial charge on any atom is 0.155 e. The average Bonchev–Trinajstić information content (AvgIpc) is 2.80. The standard InChI is InChI=1S/C17H20ClN5/c1-12-3-6-16-17(22-9-7-21(2)8-10-22)19-15-11-13(18)4-5-14(15)20-23(12)16/h3-6,11,20H,7-10H2,1-2H3. The van der Waals surface area contributed by atoms with Crippen molar-refractivity contribution in [2.24, 2.45) is 4.99 Å². The van der Waals surface area contributed by atoms with Crippen molar-refractivity contribution in [3.05, 3.63) is 46.7 Å². The summed E-state index contributed by atoms with van der Waals surface area (Å²) in [4.78, 5) is 9.67. The van der Waals surface area contributed by atoms with E-state index in [1.165, 1.54) is 0 Å². The van der Waals surface area contributed by atoms with Crippen LogP contribution in [0, 0.1) is 6.92 Å². The number of piperazine rings is 1. The molecular formula is C17H20ClN5. The van der Waals surface area contributed by atoms with Gasteiger partial charge in [-0.1, -0.05) is 11.6 Å². The molecule has 23 heavy (non-hydrogen) atoms. The molecular weight excluding hydrogens is 310 g/mol. The summed E-state index contributed by atoms with van der Waals surface area (Å²) >= 11 is 6.17. The molecule has 1 aromatic heterocycles. The Hall–Kier alpha value is -1.98. The van der Waals surface area contributed by atoms with Gasteiger partial charge in [-0.05, 0) is 44.3 Å². The molecule has 0 aliphatic carbocycles. The lowest BCUT2D eigenvalue weighted by atomic mass is 10.2. The first-order chi connectivity index (χ1) is 11.1. The Kier molecular flexibility index (Phi) is 3.54. The van der Waals surface area contributed by atoms with E-state index in [4.69, 9.17) is 16.6 Å². The third-order valence-corrected chi connectivity index (χ3v) is 4.76. The summed E-state index contributed by atoms with van der Waals surface area (Å²) in [7, 11) is 2.16. The highest BCUT2D eigenvalue weighted by atomic mass is 35.5. The van der Waals surface area contributed by atoms with Gasteiger partial charge in [0.15, 0.2) is 5.84 Å². The van der Waals surface area contributed by atoms with Gasteiger partial charge in [-0.2, -0.15) is 0 Å². The Bertz CT molecular complexity index is 771. The molecule has 0 radical (unpaired) electrons. The molecule has 5 nitrogen and oxygen atoms in total. The number of nitrogens with one attached hydrogen (secondary N) is 1. The SMILES string of the molecule is Cc1ccc2n1Nc1ccc(Cl)cc1N=C2N1CCN(C)CC1. The summed E-state index contributed by atoms with van der Waals surface area (Å²) in [5, 5.41) is 0.704. The number of aliphatic imine (C=N–C) groups is 1. The van der Waals surface area contributed by atoms with Crippen LogP contribution < -0.4 is 5.43 Å². The van der Waals surface area contributed by atoms with Crippen LogP contribution in [0.15, 0.2) is 35.3 Å². The highest BCUT2D eigenvalue weighted by molar-refractivity contribution is 6.31. The fraction of sp³-hybridized carbons (Fsp3) is 0.353. The number of halogens is 1. The molecule has 0 unspecified atom stereocenters. The van der Waals surface area contributed by atoms with Crippen LogP contribution in [0.5, 0.6) is 0 Å².